The van der Waals surface area contributed by atoms with Crippen LogP contribution in [-0.2, 0) is 38.6 Å². The summed E-state index contributed by atoms with van der Waals surface area (Å²) in [6.45, 7) is 2.42. The third-order valence-corrected chi connectivity index (χ3v) is 10.2. The molecule has 5 aromatic rings. The van der Waals surface area contributed by atoms with Gasteiger partial charge in [-0.25, -0.2) is 14.6 Å². The lowest BCUT2D eigenvalue weighted by molar-refractivity contribution is -0.268. The molecule has 0 aliphatic carbocycles. The molecule has 10 heteroatoms. The van der Waals surface area contributed by atoms with Crippen LogP contribution in [0.4, 0.5) is 4.79 Å². The maximum atomic E-state index is 12.8. The predicted molar refractivity (Wildman–Crippen MR) is 201 cm³/mol. The fourth-order valence-corrected chi connectivity index (χ4v) is 7.21. The number of esters is 1. The maximum Gasteiger partial charge on any atom is 0.328 e. The first kappa shape index (κ1) is 36.8. The van der Waals surface area contributed by atoms with Gasteiger partial charge in [0.15, 0.2) is 6.29 Å². The standard InChI is InChI=1S/C42H43N3O6S/c1-28-37(27-52-38-13-6-7-22-43-38)50-41(51-39(28)33-16-14-30(26-46)15-17-33)34-20-18-32(19-21-34)35-12-8-11-31(23-35)25-44-42(48)45-36(40(47)49-2)24-29-9-4-3-5-10-29/h3-23,28,36-37,39,41,46H,24-27H2,1-2H3,(H2,44,45,48). The van der Waals surface area contributed by atoms with Crippen molar-refractivity contribution in [1.29, 1.82) is 0 Å². The molecule has 1 aromatic heterocycles. The van der Waals surface area contributed by atoms with E-state index in [9.17, 15) is 14.7 Å². The third-order valence-electron chi connectivity index (χ3n) is 9.13. The number of pyridine rings is 1. The second-order valence-electron chi connectivity index (χ2n) is 12.7. The molecule has 1 saturated heterocycles. The van der Waals surface area contributed by atoms with Crippen molar-refractivity contribution >= 4 is 23.8 Å². The maximum absolute atomic E-state index is 12.8. The number of hydrogen-bond donors (Lipinski definition) is 3. The minimum absolute atomic E-state index is 0.00973. The highest BCUT2D eigenvalue weighted by Gasteiger charge is 2.38. The Kier molecular flexibility index (Phi) is 12.7. The number of thioether (sulfide) groups is 1. The zero-order chi connectivity index (χ0) is 36.3. The van der Waals surface area contributed by atoms with Crippen LogP contribution < -0.4 is 10.6 Å². The predicted octanol–water partition coefficient (Wildman–Crippen LogP) is 7.41. The number of nitrogens with one attached hydrogen (secondary N) is 2. The summed E-state index contributed by atoms with van der Waals surface area (Å²) >= 11 is 1.67. The molecule has 268 valence electrons. The van der Waals surface area contributed by atoms with E-state index in [-0.39, 0.29) is 31.3 Å². The van der Waals surface area contributed by atoms with Crippen molar-refractivity contribution in [3.63, 3.8) is 0 Å². The molecule has 1 aliphatic rings. The molecule has 52 heavy (non-hydrogen) atoms. The number of nitrogens with zero attached hydrogens (tertiary/aromatic N) is 1. The molecule has 1 fully saturated rings. The first-order chi connectivity index (χ1) is 25.4. The normalized spacial score (nSPS) is 19.0. The van der Waals surface area contributed by atoms with Gasteiger partial charge in [-0.3, -0.25) is 0 Å². The molecule has 3 N–H and O–H groups in total. The Hall–Kier alpha value is -5.00. The van der Waals surface area contributed by atoms with E-state index in [1.54, 1.807) is 18.0 Å². The van der Waals surface area contributed by atoms with Crippen LogP contribution in [0.15, 0.2) is 133 Å². The van der Waals surface area contributed by atoms with Crippen molar-refractivity contribution in [2.24, 2.45) is 5.92 Å². The molecule has 0 saturated carbocycles. The second-order valence-corrected chi connectivity index (χ2v) is 13.8. The van der Waals surface area contributed by atoms with Crippen molar-refractivity contribution in [2.45, 2.75) is 56.1 Å². The summed E-state index contributed by atoms with van der Waals surface area (Å²) in [5, 5.41) is 16.1. The lowest BCUT2D eigenvalue weighted by atomic mass is 9.91. The van der Waals surface area contributed by atoms with Crippen molar-refractivity contribution in [3.05, 3.63) is 155 Å². The van der Waals surface area contributed by atoms with Crippen LogP contribution in [0.2, 0.25) is 0 Å². The van der Waals surface area contributed by atoms with E-state index in [1.807, 2.05) is 121 Å². The number of aromatic nitrogens is 1. The smallest absolute Gasteiger partial charge is 0.328 e. The van der Waals surface area contributed by atoms with E-state index < -0.39 is 24.3 Å². The number of aliphatic hydroxyl groups is 1. The number of urea groups is 1. The van der Waals surface area contributed by atoms with Gasteiger partial charge in [0, 0.05) is 36.4 Å². The van der Waals surface area contributed by atoms with Gasteiger partial charge in [-0.2, -0.15) is 0 Å². The van der Waals surface area contributed by atoms with Crippen LogP contribution in [-0.4, -0.2) is 47.1 Å². The van der Waals surface area contributed by atoms with E-state index in [0.717, 1.165) is 49.7 Å². The molecular formula is C42H43N3O6S. The summed E-state index contributed by atoms with van der Waals surface area (Å²) in [7, 11) is 1.31. The number of ether oxygens (including phenoxy) is 3. The monoisotopic (exact) mass is 717 g/mol. The van der Waals surface area contributed by atoms with E-state index >= 15 is 0 Å². The Balaban J connectivity index is 1.12. The van der Waals surface area contributed by atoms with Crippen molar-refractivity contribution < 1.29 is 28.9 Å². The van der Waals surface area contributed by atoms with Gasteiger partial charge in [0.2, 0.25) is 0 Å². The number of hydrogen-bond acceptors (Lipinski definition) is 8. The van der Waals surface area contributed by atoms with Gasteiger partial charge < -0.3 is 30.0 Å². The second kappa shape index (κ2) is 18.0. The highest BCUT2D eigenvalue weighted by molar-refractivity contribution is 7.99. The largest absolute Gasteiger partial charge is 0.467 e. The molecule has 9 nitrogen and oxygen atoms in total. The molecule has 0 spiro atoms. The molecule has 0 bridgehead atoms. The lowest BCUT2D eigenvalue weighted by Crippen LogP contribution is -2.47. The average molecular weight is 718 g/mol. The minimum atomic E-state index is -0.811. The zero-order valence-corrected chi connectivity index (χ0v) is 30.0. The van der Waals surface area contributed by atoms with Crippen molar-refractivity contribution in [2.75, 3.05) is 12.9 Å². The Morgan fingerprint density at radius 1 is 0.827 bits per heavy atom. The summed E-state index contributed by atoms with van der Waals surface area (Å²) in [6.07, 6.45) is 1.24. The molecule has 2 amide bonds. The molecule has 5 atom stereocenters. The molecular weight excluding hydrogens is 675 g/mol. The summed E-state index contributed by atoms with van der Waals surface area (Å²) in [5.74, 6) is 0.283. The minimum Gasteiger partial charge on any atom is -0.467 e. The molecule has 1 aliphatic heterocycles. The summed E-state index contributed by atoms with van der Waals surface area (Å²) in [4.78, 5) is 29.7. The molecule has 0 radical (unpaired) electrons. The fraction of sp³-hybridized carbons (Fsp3) is 0.262. The molecule has 5 unspecified atom stereocenters. The topological polar surface area (TPSA) is 119 Å². The van der Waals surface area contributed by atoms with E-state index in [2.05, 4.69) is 22.5 Å². The van der Waals surface area contributed by atoms with Crippen LogP contribution in [0.3, 0.4) is 0 Å². The number of amides is 2. The Morgan fingerprint density at radius 3 is 2.27 bits per heavy atom. The van der Waals surface area contributed by atoms with Crippen LogP contribution >= 0.6 is 11.8 Å². The Morgan fingerprint density at radius 2 is 1.56 bits per heavy atom. The van der Waals surface area contributed by atoms with Gasteiger partial charge >= 0.3 is 12.0 Å². The Bertz CT molecular complexity index is 1890. The van der Waals surface area contributed by atoms with Crippen LogP contribution in [0.25, 0.3) is 11.1 Å². The summed E-state index contributed by atoms with van der Waals surface area (Å²) < 4.78 is 18.2. The average Bonchev–Trinajstić information content (AvgIpc) is 3.20. The van der Waals surface area contributed by atoms with Crippen LogP contribution in [0, 0.1) is 5.92 Å². The van der Waals surface area contributed by atoms with Crippen LogP contribution in [0.1, 0.15) is 47.1 Å². The molecule has 2 heterocycles. The zero-order valence-electron chi connectivity index (χ0n) is 29.2. The number of carbonyl (C=O) groups is 2. The Labute approximate surface area is 308 Å². The lowest BCUT2D eigenvalue weighted by Gasteiger charge is -2.41. The summed E-state index contributed by atoms with van der Waals surface area (Å²) in [6, 6.07) is 38.1. The van der Waals surface area contributed by atoms with Gasteiger partial charge in [-0.05, 0) is 51.6 Å². The van der Waals surface area contributed by atoms with E-state index in [0.29, 0.717) is 6.42 Å². The highest BCUT2D eigenvalue weighted by atomic mass is 32.2. The highest BCUT2D eigenvalue weighted by Crippen LogP contribution is 2.43. The number of rotatable bonds is 13. The van der Waals surface area contributed by atoms with E-state index in [4.69, 9.17) is 14.2 Å². The third kappa shape index (κ3) is 9.65. The first-order valence-electron chi connectivity index (χ1n) is 17.3. The van der Waals surface area contributed by atoms with Crippen LogP contribution in [0.5, 0.6) is 0 Å². The van der Waals surface area contributed by atoms with Gasteiger partial charge in [0.25, 0.3) is 0 Å². The number of aliphatic hydroxyl groups excluding tert-OH is 1. The van der Waals surface area contributed by atoms with Gasteiger partial charge in [0.05, 0.1) is 31.0 Å². The number of methoxy groups -OCH3 is 1. The van der Waals surface area contributed by atoms with Gasteiger partial charge in [0.1, 0.15) is 6.04 Å². The summed E-state index contributed by atoms with van der Waals surface area (Å²) in [5.41, 5.74) is 6.63. The first-order valence-corrected chi connectivity index (χ1v) is 18.3. The number of carbonyl (C=O) groups excluding carboxylic acids is 2. The van der Waals surface area contributed by atoms with Gasteiger partial charge in [-0.15, -0.1) is 11.8 Å². The SMILES string of the molecule is COC(=O)C(Cc1ccccc1)NC(=O)NCc1cccc(-c2ccc(C3OC(CSc4ccccn4)C(C)C(c4ccc(CO)cc4)O3)cc2)c1. The van der Waals surface area contributed by atoms with Gasteiger partial charge in [-0.1, -0.05) is 110 Å². The fourth-order valence-electron chi connectivity index (χ4n) is 6.18. The number of benzene rings is 4. The quantitative estimate of drug-likeness (QED) is 0.0852. The van der Waals surface area contributed by atoms with Crippen molar-refractivity contribution in [3.8, 4) is 11.1 Å². The van der Waals surface area contributed by atoms with E-state index in [1.165, 1.54) is 7.11 Å². The molecule has 4 aromatic carbocycles. The van der Waals surface area contributed by atoms with Crippen molar-refractivity contribution in [1.82, 2.24) is 15.6 Å². The molecule has 6 rings (SSSR count).